The lowest BCUT2D eigenvalue weighted by atomic mass is 10.1. The summed E-state index contributed by atoms with van der Waals surface area (Å²) in [7, 11) is 0. The van der Waals surface area contributed by atoms with Crippen molar-refractivity contribution in [1.82, 2.24) is 4.98 Å². The topological polar surface area (TPSA) is 74.4 Å². The van der Waals surface area contributed by atoms with Gasteiger partial charge in [-0.15, -0.1) is 0 Å². The summed E-state index contributed by atoms with van der Waals surface area (Å²) >= 11 is 0. The van der Waals surface area contributed by atoms with E-state index in [1.54, 1.807) is 6.07 Å². The van der Waals surface area contributed by atoms with Crippen molar-refractivity contribution in [3.05, 3.63) is 54.1 Å². The van der Waals surface area contributed by atoms with Gasteiger partial charge in [0.05, 0.1) is 17.0 Å². The largest absolute Gasteiger partial charge is 0.494 e. The summed E-state index contributed by atoms with van der Waals surface area (Å²) < 4.78 is 0. The van der Waals surface area contributed by atoms with E-state index < -0.39 is 0 Å². The van der Waals surface area contributed by atoms with Crippen LogP contribution in [0.1, 0.15) is 12.5 Å². The lowest BCUT2D eigenvalue weighted by molar-refractivity contribution is 0.457. The number of hydrogen-bond donors (Lipinski definition) is 3. The number of aromatic hydroxyl groups is 1. The molecule has 0 fully saturated rings. The van der Waals surface area contributed by atoms with Gasteiger partial charge in [0, 0.05) is 16.6 Å². The summed E-state index contributed by atoms with van der Waals surface area (Å²) in [6, 6.07) is 15.1. The summed E-state index contributed by atoms with van der Waals surface area (Å²) in [5, 5.41) is 11.0. The van der Waals surface area contributed by atoms with Crippen molar-refractivity contribution in [2.75, 3.05) is 5.73 Å². The number of nitrogens with zero attached hydrogens (tertiary/aromatic N) is 1. The Morgan fingerprint density at radius 2 is 1.90 bits per heavy atom. The van der Waals surface area contributed by atoms with Crippen LogP contribution in [0.5, 0.6) is 5.88 Å². The van der Waals surface area contributed by atoms with E-state index in [2.05, 4.69) is 9.98 Å². The van der Waals surface area contributed by atoms with Crippen LogP contribution in [0.4, 0.5) is 11.4 Å². The van der Waals surface area contributed by atoms with Crippen LogP contribution >= 0.6 is 0 Å². The number of anilines is 1. The van der Waals surface area contributed by atoms with Gasteiger partial charge in [-0.3, -0.25) is 4.99 Å². The normalized spacial score (nSPS) is 11.9. The highest BCUT2D eigenvalue weighted by molar-refractivity contribution is 6.13. The van der Waals surface area contributed by atoms with Crippen molar-refractivity contribution in [3.8, 4) is 5.88 Å². The molecule has 1 heterocycles. The number of benzene rings is 2. The molecule has 0 aliphatic rings. The molecule has 0 atom stereocenters. The maximum Gasteiger partial charge on any atom is 0.198 e. The summed E-state index contributed by atoms with van der Waals surface area (Å²) in [5.74, 6) is 0.114. The number of nitrogen functional groups attached to an aromatic ring is 1. The fourth-order valence-corrected chi connectivity index (χ4v) is 2.31. The van der Waals surface area contributed by atoms with Crippen LogP contribution in [0.3, 0.4) is 0 Å². The van der Waals surface area contributed by atoms with E-state index in [0.717, 1.165) is 22.3 Å². The van der Waals surface area contributed by atoms with E-state index in [9.17, 15) is 5.11 Å². The summed E-state index contributed by atoms with van der Waals surface area (Å²) in [5.41, 5.74) is 9.60. The third-order valence-electron chi connectivity index (χ3n) is 3.22. The first kappa shape index (κ1) is 12.3. The molecule has 20 heavy (non-hydrogen) atoms. The molecule has 3 aromatic rings. The molecule has 4 nitrogen and oxygen atoms in total. The number of aromatic nitrogens is 1. The predicted molar refractivity (Wildman–Crippen MR) is 82.7 cm³/mol. The van der Waals surface area contributed by atoms with Crippen LogP contribution in [0.2, 0.25) is 0 Å². The number of fused-ring (bicyclic) bond motifs is 1. The Labute approximate surface area is 116 Å². The lowest BCUT2D eigenvalue weighted by Crippen LogP contribution is -1.93. The van der Waals surface area contributed by atoms with Crippen LogP contribution in [0.25, 0.3) is 10.9 Å². The minimum absolute atomic E-state index is 0.114. The van der Waals surface area contributed by atoms with E-state index in [0.29, 0.717) is 11.3 Å². The van der Waals surface area contributed by atoms with Gasteiger partial charge in [-0.1, -0.05) is 18.2 Å². The number of nitrogens with two attached hydrogens (primary N) is 1. The van der Waals surface area contributed by atoms with E-state index in [1.807, 2.05) is 49.4 Å². The Bertz CT molecular complexity index is 788. The van der Waals surface area contributed by atoms with Gasteiger partial charge >= 0.3 is 0 Å². The monoisotopic (exact) mass is 265 g/mol. The minimum Gasteiger partial charge on any atom is -0.494 e. The molecule has 3 rings (SSSR count). The molecule has 0 aliphatic carbocycles. The van der Waals surface area contributed by atoms with Crippen LogP contribution in [0, 0.1) is 0 Å². The quantitative estimate of drug-likeness (QED) is 0.489. The number of H-pyrrole nitrogens is 1. The molecule has 4 heteroatoms. The molecule has 0 spiro atoms. The molecule has 100 valence electrons. The van der Waals surface area contributed by atoms with Crippen molar-refractivity contribution >= 4 is 28.0 Å². The second-order valence-electron chi connectivity index (χ2n) is 4.69. The average molecular weight is 265 g/mol. The molecule has 4 N–H and O–H groups in total. The summed E-state index contributed by atoms with van der Waals surface area (Å²) in [6.07, 6.45) is 0. The Kier molecular flexibility index (Phi) is 2.91. The molecule has 0 saturated heterocycles. The van der Waals surface area contributed by atoms with Crippen LogP contribution in [-0.2, 0) is 0 Å². The smallest absolute Gasteiger partial charge is 0.198 e. The van der Waals surface area contributed by atoms with Crippen molar-refractivity contribution in [1.29, 1.82) is 0 Å². The Morgan fingerprint density at radius 3 is 2.65 bits per heavy atom. The van der Waals surface area contributed by atoms with Gasteiger partial charge in [-0.2, -0.15) is 0 Å². The first-order valence-corrected chi connectivity index (χ1v) is 6.36. The van der Waals surface area contributed by atoms with Crippen molar-refractivity contribution in [2.24, 2.45) is 4.99 Å². The lowest BCUT2D eigenvalue weighted by Gasteiger charge is -2.01. The molecule has 0 amide bonds. The highest BCUT2D eigenvalue weighted by atomic mass is 16.3. The third-order valence-corrected chi connectivity index (χ3v) is 3.22. The summed E-state index contributed by atoms with van der Waals surface area (Å²) in [4.78, 5) is 7.48. The maximum absolute atomic E-state index is 10.1. The molecule has 2 aromatic carbocycles. The fraction of sp³-hybridized carbons (Fsp3) is 0.0625. The van der Waals surface area contributed by atoms with Crippen LogP contribution in [-0.4, -0.2) is 15.8 Å². The van der Waals surface area contributed by atoms with Gasteiger partial charge in [-0.05, 0) is 37.3 Å². The van der Waals surface area contributed by atoms with Crippen molar-refractivity contribution in [3.63, 3.8) is 0 Å². The van der Waals surface area contributed by atoms with Gasteiger partial charge in [0.2, 0.25) is 0 Å². The third kappa shape index (κ3) is 2.12. The van der Waals surface area contributed by atoms with Gasteiger partial charge in [0.1, 0.15) is 0 Å². The molecule has 1 aromatic heterocycles. The van der Waals surface area contributed by atoms with Gasteiger partial charge in [0.25, 0.3) is 0 Å². The number of aromatic amines is 1. The number of para-hydroxylation sites is 1. The Morgan fingerprint density at radius 1 is 1.15 bits per heavy atom. The van der Waals surface area contributed by atoms with Gasteiger partial charge in [0.15, 0.2) is 5.88 Å². The summed E-state index contributed by atoms with van der Waals surface area (Å²) in [6.45, 7) is 1.87. The van der Waals surface area contributed by atoms with Gasteiger partial charge < -0.3 is 15.8 Å². The average Bonchev–Trinajstić information content (AvgIpc) is 2.75. The first-order chi connectivity index (χ1) is 9.65. The second kappa shape index (κ2) is 4.74. The van der Waals surface area contributed by atoms with Gasteiger partial charge in [-0.25, -0.2) is 0 Å². The molecular weight excluding hydrogens is 250 g/mol. The Hall–Kier alpha value is -2.75. The highest BCUT2D eigenvalue weighted by Gasteiger charge is 2.13. The highest BCUT2D eigenvalue weighted by Crippen LogP contribution is 2.30. The van der Waals surface area contributed by atoms with Crippen molar-refractivity contribution < 1.29 is 5.11 Å². The molecule has 0 bridgehead atoms. The number of hydrogen-bond acceptors (Lipinski definition) is 3. The SMILES string of the molecule is CC(=Nc1ccccc1)c1c(O)[nH]c2ccc(N)cc12. The van der Waals surface area contributed by atoms with E-state index >= 15 is 0 Å². The zero-order chi connectivity index (χ0) is 14.1. The molecule has 0 radical (unpaired) electrons. The number of aliphatic imine (C=N–C) groups is 1. The Balaban J connectivity index is 2.16. The second-order valence-corrected chi connectivity index (χ2v) is 4.69. The molecular formula is C16H15N3O. The van der Waals surface area contributed by atoms with E-state index in [1.165, 1.54) is 0 Å². The van der Waals surface area contributed by atoms with Crippen molar-refractivity contribution in [2.45, 2.75) is 6.92 Å². The standard InChI is InChI=1S/C16H15N3O/c1-10(18-12-5-3-2-4-6-12)15-13-9-11(17)7-8-14(13)19-16(15)20/h2-9,19-20H,17H2,1H3. The number of rotatable bonds is 2. The first-order valence-electron chi connectivity index (χ1n) is 6.36. The number of nitrogens with one attached hydrogen (secondary N) is 1. The zero-order valence-electron chi connectivity index (χ0n) is 11.1. The van der Waals surface area contributed by atoms with E-state index in [4.69, 9.17) is 5.73 Å². The molecule has 0 unspecified atom stereocenters. The predicted octanol–water partition coefficient (Wildman–Crippen LogP) is 3.60. The molecule has 0 aliphatic heterocycles. The minimum atomic E-state index is 0.114. The van der Waals surface area contributed by atoms with Crippen LogP contribution < -0.4 is 5.73 Å². The maximum atomic E-state index is 10.1. The van der Waals surface area contributed by atoms with Crippen LogP contribution in [0.15, 0.2) is 53.5 Å². The zero-order valence-corrected chi connectivity index (χ0v) is 11.1. The molecule has 0 saturated carbocycles. The fourth-order valence-electron chi connectivity index (χ4n) is 2.31. The van der Waals surface area contributed by atoms with E-state index in [-0.39, 0.29) is 5.88 Å².